The molecule has 3 aromatic carbocycles. The second kappa shape index (κ2) is 14.0. The Morgan fingerprint density at radius 2 is 1.54 bits per heavy atom. The van der Waals surface area contributed by atoms with Crippen LogP contribution in [0.4, 0.5) is 0 Å². The lowest BCUT2D eigenvalue weighted by molar-refractivity contribution is -0.154. The van der Waals surface area contributed by atoms with Gasteiger partial charge in [-0.1, -0.05) is 78.4 Å². The van der Waals surface area contributed by atoms with E-state index in [4.69, 9.17) is 26.3 Å². The lowest BCUT2D eigenvalue weighted by Crippen LogP contribution is -2.38. The maximum Gasteiger partial charge on any atom is 0.272 e. The molecule has 2 amide bonds. The number of carbonyl (C=O) groups excluding carboxylic acids is 2. The van der Waals surface area contributed by atoms with Gasteiger partial charge in [0.25, 0.3) is 11.8 Å². The molecule has 182 valence electrons. The van der Waals surface area contributed by atoms with Crippen LogP contribution in [0.5, 0.6) is 0 Å². The fourth-order valence-electron chi connectivity index (χ4n) is 3.16. The third-order valence-electron chi connectivity index (χ3n) is 5.07. The van der Waals surface area contributed by atoms with Crippen LogP contribution >= 0.6 is 11.6 Å². The lowest BCUT2D eigenvalue weighted by Gasteiger charge is -2.16. The molecule has 1 atom stereocenters. The van der Waals surface area contributed by atoms with Crippen LogP contribution in [0.2, 0.25) is 5.02 Å². The Morgan fingerprint density at radius 3 is 2.17 bits per heavy atom. The van der Waals surface area contributed by atoms with Crippen molar-refractivity contribution in [1.82, 2.24) is 10.8 Å². The molecular formula is C27H27ClN2O5. The molecule has 3 rings (SSSR count). The van der Waals surface area contributed by atoms with Gasteiger partial charge in [0.1, 0.15) is 12.9 Å². The van der Waals surface area contributed by atoms with Gasteiger partial charge in [0.05, 0.1) is 6.61 Å². The first kappa shape index (κ1) is 26.1. The summed E-state index contributed by atoms with van der Waals surface area (Å²) in [5, 5.41) is 12.4. The van der Waals surface area contributed by atoms with E-state index in [9.17, 15) is 9.59 Å². The fourth-order valence-corrected chi connectivity index (χ4v) is 3.28. The highest BCUT2D eigenvalue weighted by atomic mass is 35.5. The molecule has 0 radical (unpaired) electrons. The highest BCUT2D eigenvalue weighted by Gasteiger charge is 2.19. The van der Waals surface area contributed by atoms with E-state index in [-0.39, 0.29) is 25.7 Å². The number of hydroxylamine groups is 1. The first-order valence-corrected chi connectivity index (χ1v) is 11.4. The zero-order chi connectivity index (χ0) is 24.9. The molecule has 0 heterocycles. The van der Waals surface area contributed by atoms with Crippen molar-refractivity contribution in [1.29, 1.82) is 0 Å². The van der Waals surface area contributed by atoms with Crippen molar-refractivity contribution in [3.05, 3.63) is 106 Å². The van der Waals surface area contributed by atoms with E-state index in [1.54, 1.807) is 17.6 Å². The largest absolute Gasteiger partial charge is 0.352 e. The molecule has 0 spiro atoms. The molecular weight excluding hydrogens is 468 g/mol. The van der Waals surface area contributed by atoms with Crippen LogP contribution in [0.25, 0.3) is 12.2 Å². The highest BCUT2D eigenvalue weighted by Crippen LogP contribution is 2.13. The van der Waals surface area contributed by atoms with Crippen molar-refractivity contribution < 1.29 is 24.3 Å². The van der Waals surface area contributed by atoms with Gasteiger partial charge in [0.2, 0.25) is 0 Å². The number of nitrogens with one attached hydrogen (secondary N) is 2. The minimum Gasteiger partial charge on any atom is -0.352 e. The van der Waals surface area contributed by atoms with E-state index >= 15 is 0 Å². The molecule has 8 heteroatoms. The van der Waals surface area contributed by atoms with Crippen molar-refractivity contribution in [2.45, 2.75) is 19.1 Å². The van der Waals surface area contributed by atoms with Crippen LogP contribution < -0.4 is 10.8 Å². The molecule has 0 saturated heterocycles. The summed E-state index contributed by atoms with van der Waals surface area (Å²) in [6, 6.07) is 24.2. The average Bonchev–Trinajstić information content (AvgIpc) is 2.90. The minimum atomic E-state index is -0.976. The normalized spacial score (nSPS) is 11.8. The molecule has 3 N–H and O–H groups in total. The summed E-state index contributed by atoms with van der Waals surface area (Å²) < 4.78 is 10.9. The molecule has 0 fully saturated rings. The average molecular weight is 495 g/mol. The summed E-state index contributed by atoms with van der Waals surface area (Å²) in [5.41, 5.74) is 5.00. The topological polar surface area (TPSA) is 96.9 Å². The van der Waals surface area contributed by atoms with Crippen LogP contribution in [0, 0.1) is 0 Å². The fraction of sp³-hybridized carbons (Fsp3) is 0.185. The van der Waals surface area contributed by atoms with Gasteiger partial charge in [-0.05, 0) is 41.0 Å². The van der Waals surface area contributed by atoms with Gasteiger partial charge in [0, 0.05) is 23.6 Å². The SMILES string of the molecule is O=C(NCC[C@H](OCOCc1ccccc1)C(=O)NO)c1ccc(/C=C/c2ccc(Cl)cc2)cc1. The maximum absolute atomic E-state index is 12.4. The standard InChI is InChI=1S/C27H27ClN2O5/c28-24-14-10-21(11-15-24)7-6-20-8-12-23(13-9-20)26(31)29-17-16-25(27(32)30-33)35-19-34-18-22-4-2-1-3-5-22/h1-15,25,33H,16-19H2,(H,29,31)(H,30,32)/b7-6+/t25-/m0/s1. The Bertz CT molecular complexity index is 1100. The lowest BCUT2D eigenvalue weighted by atomic mass is 10.1. The predicted molar refractivity (Wildman–Crippen MR) is 135 cm³/mol. The van der Waals surface area contributed by atoms with Crippen LogP contribution in [-0.4, -0.2) is 36.5 Å². The summed E-state index contributed by atoms with van der Waals surface area (Å²) in [6.45, 7) is 0.371. The second-order valence-corrected chi connectivity index (χ2v) is 8.07. The first-order valence-electron chi connectivity index (χ1n) is 11.0. The van der Waals surface area contributed by atoms with Crippen LogP contribution in [0.3, 0.4) is 0 Å². The van der Waals surface area contributed by atoms with E-state index < -0.39 is 12.0 Å². The maximum atomic E-state index is 12.4. The summed E-state index contributed by atoms with van der Waals surface area (Å²) >= 11 is 5.90. The minimum absolute atomic E-state index is 0.133. The van der Waals surface area contributed by atoms with Crippen LogP contribution in [-0.2, 0) is 20.9 Å². The van der Waals surface area contributed by atoms with Gasteiger partial charge in [-0.3, -0.25) is 14.8 Å². The number of hydrogen-bond donors (Lipinski definition) is 3. The zero-order valence-corrected chi connectivity index (χ0v) is 19.8. The Labute approximate surface area is 209 Å². The predicted octanol–water partition coefficient (Wildman–Crippen LogP) is 4.70. The molecule has 0 saturated carbocycles. The van der Waals surface area contributed by atoms with E-state index in [2.05, 4.69) is 5.32 Å². The molecule has 0 aliphatic rings. The molecule has 0 aliphatic carbocycles. The Hall–Kier alpha value is -3.49. The second-order valence-electron chi connectivity index (χ2n) is 7.63. The van der Waals surface area contributed by atoms with Crippen molar-refractivity contribution in [2.24, 2.45) is 0 Å². The van der Waals surface area contributed by atoms with Gasteiger partial charge in [-0.15, -0.1) is 0 Å². The van der Waals surface area contributed by atoms with E-state index in [1.807, 2.05) is 78.9 Å². The number of benzene rings is 3. The molecule has 3 aromatic rings. The van der Waals surface area contributed by atoms with Gasteiger partial charge in [-0.2, -0.15) is 0 Å². The third kappa shape index (κ3) is 8.99. The number of rotatable bonds is 12. The Kier molecular flexibility index (Phi) is 10.5. The molecule has 0 aliphatic heterocycles. The number of carbonyl (C=O) groups is 2. The van der Waals surface area contributed by atoms with E-state index in [0.717, 1.165) is 16.7 Å². The molecule has 0 aromatic heterocycles. The molecule has 0 unspecified atom stereocenters. The summed E-state index contributed by atoms with van der Waals surface area (Å²) in [6.07, 6.45) is 3.09. The van der Waals surface area contributed by atoms with Gasteiger partial charge in [0.15, 0.2) is 0 Å². The van der Waals surface area contributed by atoms with E-state index in [1.165, 1.54) is 0 Å². The number of halogens is 1. The summed E-state index contributed by atoms with van der Waals surface area (Å²) in [7, 11) is 0. The van der Waals surface area contributed by atoms with Crippen molar-refractivity contribution in [3.8, 4) is 0 Å². The van der Waals surface area contributed by atoms with Gasteiger partial charge in [-0.25, -0.2) is 5.48 Å². The summed E-state index contributed by atoms with van der Waals surface area (Å²) in [5.74, 6) is -0.985. The van der Waals surface area contributed by atoms with Crippen molar-refractivity contribution in [2.75, 3.05) is 13.3 Å². The molecule has 0 bridgehead atoms. The zero-order valence-electron chi connectivity index (χ0n) is 19.0. The van der Waals surface area contributed by atoms with Crippen LogP contribution in [0.1, 0.15) is 33.5 Å². The molecule has 7 nitrogen and oxygen atoms in total. The first-order chi connectivity index (χ1) is 17.0. The van der Waals surface area contributed by atoms with Crippen molar-refractivity contribution in [3.63, 3.8) is 0 Å². The van der Waals surface area contributed by atoms with Crippen molar-refractivity contribution >= 4 is 35.6 Å². The number of hydrogen-bond acceptors (Lipinski definition) is 5. The van der Waals surface area contributed by atoms with E-state index in [0.29, 0.717) is 17.2 Å². The van der Waals surface area contributed by atoms with Gasteiger partial charge < -0.3 is 14.8 Å². The number of ether oxygens (including phenoxy) is 2. The van der Waals surface area contributed by atoms with Gasteiger partial charge >= 0.3 is 0 Å². The quantitative estimate of drug-likeness (QED) is 0.111. The summed E-state index contributed by atoms with van der Waals surface area (Å²) in [4.78, 5) is 24.3. The third-order valence-corrected chi connectivity index (χ3v) is 5.32. The number of amides is 2. The molecule has 35 heavy (non-hydrogen) atoms. The Balaban J connectivity index is 1.43. The highest BCUT2D eigenvalue weighted by molar-refractivity contribution is 6.30. The Morgan fingerprint density at radius 1 is 0.914 bits per heavy atom. The smallest absolute Gasteiger partial charge is 0.272 e. The monoisotopic (exact) mass is 494 g/mol. The van der Waals surface area contributed by atoms with Crippen LogP contribution in [0.15, 0.2) is 78.9 Å².